The van der Waals surface area contributed by atoms with Crippen molar-refractivity contribution < 1.29 is 8.42 Å². The van der Waals surface area contributed by atoms with Crippen molar-refractivity contribution in [1.29, 1.82) is 0 Å². The molecule has 0 aromatic carbocycles. The van der Waals surface area contributed by atoms with Crippen molar-refractivity contribution in [2.45, 2.75) is 71.5 Å². The molecule has 1 heterocycles. The van der Waals surface area contributed by atoms with Gasteiger partial charge in [-0.15, -0.1) is 11.3 Å². The lowest BCUT2D eigenvalue weighted by Gasteiger charge is -2.21. The van der Waals surface area contributed by atoms with Crippen molar-refractivity contribution in [3.8, 4) is 0 Å². The van der Waals surface area contributed by atoms with Crippen molar-refractivity contribution in [3.63, 3.8) is 0 Å². The average Bonchev–Trinajstić information content (AvgIpc) is 2.75. The first-order valence-corrected chi connectivity index (χ1v) is 9.88. The van der Waals surface area contributed by atoms with Gasteiger partial charge in [-0.3, -0.25) is 0 Å². The van der Waals surface area contributed by atoms with E-state index in [9.17, 15) is 8.42 Å². The molecule has 4 nitrogen and oxygen atoms in total. The molecular formula is C15H28N2O2S2. The van der Waals surface area contributed by atoms with Crippen molar-refractivity contribution in [2.75, 3.05) is 0 Å². The summed E-state index contributed by atoms with van der Waals surface area (Å²) in [5.74, 6) is 0.279. The number of hydrogen-bond acceptors (Lipinski definition) is 4. The second kappa shape index (κ2) is 7.72. The summed E-state index contributed by atoms with van der Waals surface area (Å²) in [5, 5.41) is 5.21. The van der Waals surface area contributed by atoms with Gasteiger partial charge in [0.05, 0.1) is 0 Å². The molecule has 0 aliphatic heterocycles. The van der Waals surface area contributed by atoms with Crippen LogP contribution < -0.4 is 10.0 Å². The fourth-order valence-corrected chi connectivity index (χ4v) is 5.45. The highest BCUT2D eigenvalue weighted by atomic mass is 32.2. The predicted octanol–water partition coefficient (Wildman–Crippen LogP) is 3.27. The third kappa shape index (κ3) is 5.06. The Balaban J connectivity index is 3.04. The predicted molar refractivity (Wildman–Crippen MR) is 90.3 cm³/mol. The molecule has 0 aliphatic rings. The largest absolute Gasteiger partial charge is 0.310 e. The van der Waals surface area contributed by atoms with Gasteiger partial charge in [-0.1, -0.05) is 34.6 Å². The van der Waals surface area contributed by atoms with Crippen LogP contribution in [0.2, 0.25) is 0 Å². The number of hydrogen-bond donors (Lipinski definition) is 2. The third-order valence-electron chi connectivity index (χ3n) is 3.48. The van der Waals surface area contributed by atoms with Crippen LogP contribution in [0.3, 0.4) is 0 Å². The van der Waals surface area contributed by atoms with E-state index in [0.29, 0.717) is 17.5 Å². The van der Waals surface area contributed by atoms with Gasteiger partial charge in [-0.05, 0) is 30.2 Å². The van der Waals surface area contributed by atoms with Crippen LogP contribution in [0.4, 0.5) is 0 Å². The summed E-state index contributed by atoms with van der Waals surface area (Å²) in [6.45, 7) is 12.6. The summed E-state index contributed by atoms with van der Waals surface area (Å²) >= 11 is 1.51. The fraction of sp³-hybridized carbons (Fsp3) is 0.733. The van der Waals surface area contributed by atoms with E-state index in [0.717, 1.165) is 16.9 Å². The zero-order chi connectivity index (χ0) is 16.2. The molecule has 0 saturated carbocycles. The molecule has 2 N–H and O–H groups in total. The Morgan fingerprint density at radius 3 is 2.33 bits per heavy atom. The number of sulfonamides is 1. The van der Waals surface area contributed by atoms with Crippen molar-refractivity contribution >= 4 is 21.4 Å². The minimum Gasteiger partial charge on any atom is -0.310 e. The molecule has 122 valence electrons. The van der Waals surface area contributed by atoms with Crippen LogP contribution in [0.15, 0.2) is 10.3 Å². The lowest BCUT2D eigenvalue weighted by Crippen LogP contribution is -2.38. The van der Waals surface area contributed by atoms with E-state index in [1.165, 1.54) is 11.3 Å². The summed E-state index contributed by atoms with van der Waals surface area (Å²) in [5.41, 5.74) is 0.826. The second-order valence-corrected chi connectivity index (χ2v) is 8.70. The van der Waals surface area contributed by atoms with Gasteiger partial charge < -0.3 is 5.32 Å². The second-order valence-electron chi connectivity index (χ2n) is 6.09. The smallest absolute Gasteiger partial charge is 0.242 e. The Hall–Kier alpha value is -0.430. The number of nitrogens with one attached hydrogen (secondary N) is 2. The highest BCUT2D eigenvalue weighted by Gasteiger charge is 2.26. The molecule has 0 fully saturated rings. The molecule has 0 spiro atoms. The van der Waals surface area contributed by atoms with Gasteiger partial charge >= 0.3 is 0 Å². The van der Waals surface area contributed by atoms with Gasteiger partial charge in [-0.2, -0.15) is 0 Å². The highest BCUT2D eigenvalue weighted by Crippen LogP contribution is 2.27. The molecule has 6 heteroatoms. The fourth-order valence-electron chi connectivity index (χ4n) is 2.22. The molecule has 0 saturated heterocycles. The molecule has 1 aromatic heterocycles. The van der Waals surface area contributed by atoms with Gasteiger partial charge in [0, 0.05) is 23.5 Å². The first-order valence-electron chi connectivity index (χ1n) is 7.51. The summed E-state index contributed by atoms with van der Waals surface area (Å²) < 4.78 is 28.3. The van der Waals surface area contributed by atoms with E-state index < -0.39 is 10.0 Å². The van der Waals surface area contributed by atoms with E-state index in [1.807, 2.05) is 33.1 Å². The topological polar surface area (TPSA) is 58.2 Å². The maximum atomic E-state index is 12.7. The summed E-state index contributed by atoms with van der Waals surface area (Å²) in [7, 11) is -3.46. The van der Waals surface area contributed by atoms with E-state index >= 15 is 0 Å². The number of rotatable bonds is 8. The maximum absolute atomic E-state index is 12.7. The van der Waals surface area contributed by atoms with E-state index in [2.05, 4.69) is 23.9 Å². The minimum absolute atomic E-state index is 0.0276. The van der Waals surface area contributed by atoms with Gasteiger partial charge in [0.2, 0.25) is 10.0 Å². The molecule has 1 aromatic rings. The molecule has 1 rings (SSSR count). The molecule has 21 heavy (non-hydrogen) atoms. The monoisotopic (exact) mass is 332 g/mol. The van der Waals surface area contributed by atoms with Crippen LogP contribution >= 0.6 is 11.3 Å². The first-order chi connectivity index (χ1) is 9.69. The molecular weight excluding hydrogens is 304 g/mol. The van der Waals surface area contributed by atoms with E-state index in [4.69, 9.17) is 0 Å². The van der Waals surface area contributed by atoms with Gasteiger partial charge in [-0.25, -0.2) is 13.1 Å². The summed E-state index contributed by atoms with van der Waals surface area (Å²) in [6, 6.07) is 0.301. The normalized spacial score (nSPS) is 14.1. The lowest BCUT2D eigenvalue weighted by atomic mass is 10.0. The van der Waals surface area contributed by atoms with Crippen LogP contribution in [0.25, 0.3) is 0 Å². The van der Waals surface area contributed by atoms with E-state index in [-0.39, 0.29) is 12.0 Å². The lowest BCUT2D eigenvalue weighted by molar-refractivity contribution is 0.437. The molecule has 0 bridgehead atoms. The number of aryl methyl sites for hydroxylation is 1. The van der Waals surface area contributed by atoms with Crippen LogP contribution in [0, 0.1) is 12.8 Å². The first kappa shape index (κ1) is 18.6. The Morgan fingerprint density at radius 1 is 1.24 bits per heavy atom. The Kier molecular flexibility index (Phi) is 6.84. The Labute approximate surface area is 133 Å². The molecule has 1 unspecified atom stereocenters. The number of thiophene rings is 1. The quantitative estimate of drug-likeness (QED) is 0.768. The SMILES string of the molecule is CCC(NS(=O)(=O)c1c(C)csc1CNC(C)C)C(C)C. The zero-order valence-corrected chi connectivity index (χ0v) is 15.5. The average molecular weight is 333 g/mol. The maximum Gasteiger partial charge on any atom is 0.242 e. The standard InChI is InChI=1S/C15H28N2O2S2/c1-7-13(10(2)3)17-21(18,19)15-12(6)9-20-14(15)8-16-11(4)5/h9-11,13,16-17H,7-8H2,1-6H3. The van der Waals surface area contributed by atoms with Crippen molar-refractivity contribution in [3.05, 3.63) is 15.8 Å². The van der Waals surface area contributed by atoms with Crippen LogP contribution in [-0.4, -0.2) is 20.5 Å². The summed E-state index contributed by atoms with van der Waals surface area (Å²) in [6.07, 6.45) is 0.791. The van der Waals surface area contributed by atoms with Gasteiger partial charge in [0.15, 0.2) is 0 Å². The van der Waals surface area contributed by atoms with E-state index in [1.54, 1.807) is 0 Å². The van der Waals surface area contributed by atoms with Crippen molar-refractivity contribution in [1.82, 2.24) is 10.0 Å². The minimum atomic E-state index is -3.46. The Bertz CT molecular complexity index is 548. The molecule has 1 atom stereocenters. The Morgan fingerprint density at radius 2 is 1.86 bits per heavy atom. The zero-order valence-electron chi connectivity index (χ0n) is 13.9. The molecule has 0 aliphatic carbocycles. The van der Waals surface area contributed by atoms with Crippen LogP contribution in [0.1, 0.15) is 51.5 Å². The third-order valence-corrected chi connectivity index (χ3v) is 6.43. The van der Waals surface area contributed by atoms with Gasteiger partial charge in [0.25, 0.3) is 0 Å². The van der Waals surface area contributed by atoms with Crippen LogP contribution in [0.5, 0.6) is 0 Å². The highest BCUT2D eigenvalue weighted by molar-refractivity contribution is 7.89. The van der Waals surface area contributed by atoms with Gasteiger partial charge in [0.1, 0.15) is 4.90 Å². The van der Waals surface area contributed by atoms with Crippen LogP contribution in [-0.2, 0) is 16.6 Å². The van der Waals surface area contributed by atoms with Crippen molar-refractivity contribution in [2.24, 2.45) is 5.92 Å². The molecule has 0 amide bonds. The molecule has 0 radical (unpaired) electrons. The summed E-state index contributed by atoms with van der Waals surface area (Å²) in [4.78, 5) is 1.34.